The Morgan fingerprint density at radius 3 is 2.37 bits per heavy atom. The molecule has 3 aromatic carbocycles. The van der Waals surface area contributed by atoms with Gasteiger partial charge in [0.2, 0.25) is 0 Å². The smallest absolute Gasteiger partial charge is 0.285 e. The molecule has 0 bridgehead atoms. The van der Waals surface area contributed by atoms with Gasteiger partial charge in [0.25, 0.3) is 11.2 Å². The molecule has 0 radical (unpaired) electrons. The predicted octanol–water partition coefficient (Wildman–Crippen LogP) is 7.09. The van der Waals surface area contributed by atoms with E-state index in [0.717, 1.165) is 37.3 Å². The van der Waals surface area contributed by atoms with Crippen molar-refractivity contribution in [2.45, 2.75) is 12.8 Å². The topological polar surface area (TPSA) is 102 Å². The molecule has 0 atom stereocenters. The monoisotopic (exact) mass is 529 g/mol. The maximum absolute atomic E-state index is 14.2. The van der Waals surface area contributed by atoms with E-state index in [1.807, 2.05) is 36.4 Å². The summed E-state index contributed by atoms with van der Waals surface area (Å²) >= 11 is 6.30. The number of benzene rings is 3. The van der Waals surface area contributed by atoms with Gasteiger partial charge in [-0.25, -0.2) is 0 Å². The summed E-state index contributed by atoms with van der Waals surface area (Å²) in [5, 5.41) is 20.3. The third-order valence-electron chi connectivity index (χ3n) is 6.37. The number of nitro groups is 1. The van der Waals surface area contributed by atoms with E-state index in [9.17, 15) is 14.9 Å². The number of hydrogen-bond acceptors (Lipinski definition) is 7. The van der Waals surface area contributed by atoms with Crippen LogP contribution in [0, 0.1) is 10.1 Å². The van der Waals surface area contributed by atoms with Crippen LogP contribution in [0.5, 0.6) is 5.75 Å². The summed E-state index contributed by atoms with van der Waals surface area (Å²) in [6, 6.07) is 22.2. The van der Waals surface area contributed by atoms with Gasteiger partial charge in [0.1, 0.15) is 11.6 Å². The third-order valence-corrected chi connectivity index (χ3v) is 6.60. The standard InChI is InChI=1S/C28H24ClN5O4/c1-38-24-12-10-19(11-13-24)25-18-26(32-14-2-3-15-32)33(22-8-4-6-20(29)16-22)28(35)27(25)31-30-21-7-5-9-23(17-21)34(36)37/h4-13,16-18H,2-3,14-15H2,1H3. The average molecular weight is 530 g/mol. The first-order chi connectivity index (χ1) is 18.4. The summed E-state index contributed by atoms with van der Waals surface area (Å²) in [5.41, 5.74) is 1.83. The van der Waals surface area contributed by atoms with Crippen molar-refractivity contribution < 1.29 is 9.66 Å². The van der Waals surface area contributed by atoms with Crippen LogP contribution in [0.3, 0.4) is 0 Å². The van der Waals surface area contributed by atoms with E-state index in [2.05, 4.69) is 15.1 Å². The summed E-state index contributed by atoms with van der Waals surface area (Å²) in [4.78, 5) is 27.1. The molecule has 0 aliphatic carbocycles. The molecule has 9 nitrogen and oxygen atoms in total. The molecule has 1 fully saturated rings. The number of methoxy groups -OCH3 is 1. The highest BCUT2D eigenvalue weighted by Crippen LogP contribution is 2.36. The molecule has 1 aliphatic rings. The largest absolute Gasteiger partial charge is 0.497 e. The van der Waals surface area contributed by atoms with Crippen LogP contribution in [0.4, 0.5) is 22.9 Å². The predicted molar refractivity (Wildman–Crippen MR) is 148 cm³/mol. The van der Waals surface area contributed by atoms with Gasteiger partial charge in [-0.1, -0.05) is 35.9 Å². The lowest BCUT2D eigenvalue weighted by Crippen LogP contribution is -2.29. The summed E-state index contributed by atoms with van der Waals surface area (Å²) < 4.78 is 6.91. The molecule has 0 spiro atoms. The highest BCUT2D eigenvalue weighted by atomic mass is 35.5. The lowest BCUT2D eigenvalue weighted by molar-refractivity contribution is -0.384. The van der Waals surface area contributed by atoms with Gasteiger partial charge in [0, 0.05) is 35.8 Å². The molecule has 0 N–H and O–H groups in total. The minimum atomic E-state index is -0.501. The van der Waals surface area contributed by atoms with Crippen molar-refractivity contribution in [1.29, 1.82) is 0 Å². The van der Waals surface area contributed by atoms with Crippen molar-refractivity contribution in [2.24, 2.45) is 10.2 Å². The zero-order chi connectivity index (χ0) is 26.6. The molecule has 1 aliphatic heterocycles. The van der Waals surface area contributed by atoms with Crippen molar-refractivity contribution in [3.05, 3.63) is 104 Å². The number of pyridine rings is 1. The molecule has 0 saturated carbocycles. The van der Waals surface area contributed by atoms with Gasteiger partial charge in [-0.3, -0.25) is 19.5 Å². The fraction of sp³-hybridized carbons (Fsp3) is 0.179. The number of aromatic nitrogens is 1. The molecule has 1 aromatic heterocycles. The van der Waals surface area contributed by atoms with E-state index in [-0.39, 0.29) is 22.6 Å². The van der Waals surface area contributed by atoms with Gasteiger partial charge in [-0.05, 0) is 60.9 Å². The molecule has 0 amide bonds. The van der Waals surface area contributed by atoms with E-state index in [1.54, 1.807) is 35.9 Å². The molecule has 192 valence electrons. The van der Waals surface area contributed by atoms with Gasteiger partial charge in [0.15, 0.2) is 5.69 Å². The van der Waals surface area contributed by atoms with Crippen molar-refractivity contribution in [3.63, 3.8) is 0 Å². The van der Waals surface area contributed by atoms with Crippen LogP contribution in [-0.2, 0) is 0 Å². The Bertz CT molecular complexity index is 1580. The maximum atomic E-state index is 14.2. The molecular weight excluding hydrogens is 506 g/mol. The van der Waals surface area contributed by atoms with Gasteiger partial charge >= 0.3 is 0 Å². The van der Waals surface area contributed by atoms with Crippen molar-refractivity contribution >= 4 is 34.5 Å². The average Bonchev–Trinajstić information content (AvgIpc) is 3.47. The quantitative estimate of drug-likeness (QED) is 0.144. The zero-order valence-corrected chi connectivity index (χ0v) is 21.3. The van der Waals surface area contributed by atoms with Crippen LogP contribution in [-0.4, -0.2) is 29.7 Å². The Labute approximate surface area is 223 Å². The van der Waals surface area contributed by atoms with Crippen LogP contribution in [0.2, 0.25) is 5.02 Å². The maximum Gasteiger partial charge on any atom is 0.285 e. The second-order valence-electron chi connectivity index (χ2n) is 8.78. The summed E-state index contributed by atoms with van der Waals surface area (Å²) in [6.45, 7) is 1.63. The van der Waals surface area contributed by atoms with E-state index in [1.165, 1.54) is 18.2 Å². The number of anilines is 1. The molecule has 10 heteroatoms. The highest BCUT2D eigenvalue weighted by Gasteiger charge is 2.23. The van der Waals surface area contributed by atoms with Crippen LogP contribution in [0.15, 0.2) is 93.9 Å². The Morgan fingerprint density at radius 1 is 0.947 bits per heavy atom. The molecule has 0 unspecified atom stereocenters. The minimum absolute atomic E-state index is 0.101. The number of ether oxygens (including phenoxy) is 1. The fourth-order valence-corrected chi connectivity index (χ4v) is 4.68. The number of hydrogen-bond donors (Lipinski definition) is 0. The lowest BCUT2D eigenvalue weighted by Gasteiger charge is -2.24. The zero-order valence-electron chi connectivity index (χ0n) is 20.6. The lowest BCUT2D eigenvalue weighted by atomic mass is 10.0. The SMILES string of the molecule is COc1ccc(-c2cc(N3CCCC3)n(-c3cccc(Cl)c3)c(=O)c2N=Nc2cccc([N+](=O)[O-])c2)cc1. The Hall–Kier alpha value is -4.50. The first-order valence-electron chi connectivity index (χ1n) is 12.1. The van der Waals surface area contributed by atoms with Crippen molar-refractivity contribution in [2.75, 3.05) is 25.1 Å². The first kappa shape index (κ1) is 25.2. The van der Waals surface area contributed by atoms with Crippen molar-refractivity contribution in [3.8, 4) is 22.6 Å². The number of azo groups is 1. The molecule has 2 heterocycles. The summed E-state index contributed by atoms with van der Waals surface area (Å²) in [6.07, 6.45) is 2.05. The van der Waals surface area contributed by atoms with E-state index < -0.39 is 4.92 Å². The van der Waals surface area contributed by atoms with Gasteiger partial charge in [-0.2, -0.15) is 5.11 Å². The number of non-ortho nitro benzene ring substituents is 1. The Kier molecular flexibility index (Phi) is 7.19. The van der Waals surface area contributed by atoms with E-state index in [0.29, 0.717) is 22.0 Å². The Balaban J connectivity index is 1.75. The summed E-state index contributed by atoms with van der Waals surface area (Å²) in [7, 11) is 1.59. The Morgan fingerprint density at radius 2 is 1.68 bits per heavy atom. The van der Waals surface area contributed by atoms with Crippen LogP contribution < -0.4 is 15.2 Å². The van der Waals surface area contributed by atoms with E-state index >= 15 is 0 Å². The van der Waals surface area contributed by atoms with Crippen LogP contribution in [0.1, 0.15) is 12.8 Å². The second-order valence-corrected chi connectivity index (χ2v) is 9.22. The van der Waals surface area contributed by atoms with Crippen LogP contribution >= 0.6 is 11.6 Å². The normalized spacial score (nSPS) is 13.3. The number of halogens is 1. The second kappa shape index (κ2) is 10.9. The number of nitro benzene ring substituents is 1. The molecule has 1 saturated heterocycles. The fourth-order valence-electron chi connectivity index (χ4n) is 4.49. The van der Waals surface area contributed by atoms with Crippen molar-refractivity contribution in [1.82, 2.24) is 4.57 Å². The molecule has 5 rings (SSSR count). The number of rotatable bonds is 7. The molecule has 38 heavy (non-hydrogen) atoms. The van der Waals surface area contributed by atoms with Gasteiger partial charge < -0.3 is 9.64 Å². The molecular formula is C28H24ClN5O4. The number of nitrogens with zero attached hydrogens (tertiary/aromatic N) is 5. The first-order valence-corrected chi connectivity index (χ1v) is 12.4. The minimum Gasteiger partial charge on any atom is -0.497 e. The van der Waals surface area contributed by atoms with Crippen LogP contribution in [0.25, 0.3) is 16.8 Å². The summed E-state index contributed by atoms with van der Waals surface area (Å²) in [5.74, 6) is 1.41. The van der Waals surface area contributed by atoms with Gasteiger partial charge in [0.05, 0.1) is 23.4 Å². The molecule has 4 aromatic rings. The van der Waals surface area contributed by atoms with Gasteiger partial charge in [-0.15, -0.1) is 5.11 Å². The van der Waals surface area contributed by atoms with E-state index in [4.69, 9.17) is 16.3 Å². The highest BCUT2D eigenvalue weighted by molar-refractivity contribution is 6.30. The third kappa shape index (κ3) is 5.14.